The van der Waals surface area contributed by atoms with Crippen LogP contribution in [0.3, 0.4) is 0 Å². The van der Waals surface area contributed by atoms with E-state index in [1.54, 1.807) is 6.92 Å². The van der Waals surface area contributed by atoms with Crippen molar-refractivity contribution in [2.45, 2.75) is 40.0 Å². The number of nitrogens with one attached hydrogen (secondary N) is 2. The van der Waals surface area contributed by atoms with Gasteiger partial charge in [-0.15, -0.1) is 22.7 Å². The topological polar surface area (TPSA) is 124 Å². The van der Waals surface area contributed by atoms with E-state index >= 15 is 0 Å². The van der Waals surface area contributed by atoms with Gasteiger partial charge < -0.3 is 20.1 Å². The van der Waals surface area contributed by atoms with Crippen LogP contribution in [0.2, 0.25) is 0 Å². The molecule has 0 fully saturated rings. The molecule has 0 aromatic carbocycles. The van der Waals surface area contributed by atoms with E-state index in [9.17, 15) is 19.2 Å². The van der Waals surface area contributed by atoms with Crippen LogP contribution in [0.5, 0.6) is 0 Å². The molecule has 2 heterocycles. The summed E-state index contributed by atoms with van der Waals surface area (Å²) < 4.78 is 10.2. The zero-order valence-electron chi connectivity index (χ0n) is 17.4. The zero-order valence-corrected chi connectivity index (χ0v) is 19.0. The van der Waals surface area contributed by atoms with Gasteiger partial charge in [0, 0.05) is 17.2 Å². The Hall–Kier alpha value is -2.79. The van der Waals surface area contributed by atoms with Crippen LogP contribution in [-0.4, -0.2) is 42.0 Å². The Morgan fingerprint density at radius 1 is 1.19 bits per heavy atom. The summed E-state index contributed by atoms with van der Waals surface area (Å²) >= 11 is 2.44. The maximum absolute atomic E-state index is 12.5. The van der Waals surface area contributed by atoms with Crippen molar-refractivity contribution in [2.75, 3.05) is 23.8 Å². The minimum atomic E-state index is -0.784. The summed E-state index contributed by atoms with van der Waals surface area (Å²) in [5.74, 6) is -1.61. The van der Waals surface area contributed by atoms with Gasteiger partial charge in [-0.1, -0.05) is 6.92 Å². The predicted octanol–water partition coefficient (Wildman–Crippen LogP) is 3.26. The molecule has 1 aliphatic rings. The molecule has 1 atom stereocenters. The van der Waals surface area contributed by atoms with Crippen LogP contribution in [0.4, 0.5) is 10.1 Å². The molecule has 1 unspecified atom stereocenters. The predicted molar refractivity (Wildman–Crippen MR) is 117 cm³/mol. The first-order valence-corrected chi connectivity index (χ1v) is 11.5. The second-order valence-corrected chi connectivity index (χ2v) is 9.08. The Balaban J connectivity index is 1.66. The van der Waals surface area contributed by atoms with E-state index in [1.807, 2.05) is 0 Å². The number of rotatable bonds is 7. The van der Waals surface area contributed by atoms with Crippen molar-refractivity contribution in [3.05, 3.63) is 27.1 Å². The Morgan fingerprint density at radius 3 is 2.68 bits per heavy atom. The Kier molecular flexibility index (Phi) is 7.39. The van der Waals surface area contributed by atoms with Crippen LogP contribution in [0.1, 0.15) is 58.5 Å². The number of hydrogen-bond acceptors (Lipinski definition) is 9. The summed E-state index contributed by atoms with van der Waals surface area (Å²) in [6.45, 7) is 4.91. The van der Waals surface area contributed by atoms with Crippen molar-refractivity contribution in [1.29, 1.82) is 0 Å². The van der Waals surface area contributed by atoms with Gasteiger partial charge in [0.1, 0.15) is 5.00 Å². The van der Waals surface area contributed by atoms with E-state index in [0.717, 1.165) is 41.0 Å². The summed E-state index contributed by atoms with van der Waals surface area (Å²) in [5.41, 5.74) is 1.32. The van der Waals surface area contributed by atoms with Gasteiger partial charge >= 0.3 is 11.9 Å². The molecule has 0 saturated heterocycles. The molecule has 2 aromatic heterocycles. The first-order valence-electron chi connectivity index (χ1n) is 9.80. The molecule has 9 nitrogen and oxygen atoms in total. The molecule has 0 aliphatic heterocycles. The van der Waals surface area contributed by atoms with Gasteiger partial charge in [-0.3, -0.25) is 9.59 Å². The molecular formula is C20H23N3O6S2. The standard InChI is InChI=1S/C20H23N3O6S2/c1-4-28-19(27)16-12-6-5-10(2)7-14(12)31-17(16)23-15(25)8-29-18(26)13-9-30-20(22-13)21-11(3)24/h9-10H,4-8H2,1-3H3,(H,23,25)(H,21,22,24). The maximum atomic E-state index is 12.5. The van der Waals surface area contributed by atoms with Gasteiger partial charge in [-0.25, -0.2) is 14.6 Å². The molecule has 166 valence electrons. The van der Waals surface area contributed by atoms with Crippen molar-refractivity contribution in [3.63, 3.8) is 0 Å². The van der Waals surface area contributed by atoms with Crippen LogP contribution < -0.4 is 10.6 Å². The van der Waals surface area contributed by atoms with Gasteiger partial charge in [-0.2, -0.15) is 0 Å². The van der Waals surface area contributed by atoms with Crippen molar-refractivity contribution >= 4 is 56.6 Å². The van der Waals surface area contributed by atoms with Crippen molar-refractivity contribution in [1.82, 2.24) is 4.98 Å². The number of aromatic nitrogens is 1. The lowest BCUT2D eigenvalue weighted by Gasteiger charge is -2.18. The Bertz CT molecular complexity index is 1010. The molecule has 0 radical (unpaired) electrons. The smallest absolute Gasteiger partial charge is 0.358 e. The number of fused-ring (bicyclic) bond motifs is 1. The first-order chi connectivity index (χ1) is 14.8. The summed E-state index contributed by atoms with van der Waals surface area (Å²) in [6, 6.07) is 0. The lowest BCUT2D eigenvalue weighted by Crippen LogP contribution is -2.22. The fourth-order valence-corrected chi connectivity index (χ4v) is 5.34. The van der Waals surface area contributed by atoms with Gasteiger partial charge in [0.2, 0.25) is 5.91 Å². The van der Waals surface area contributed by atoms with E-state index in [2.05, 4.69) is 22.5 Å². The lowest BCUT2D eigenvalue weighted by atomic mass is 9.88. The van der Waals surface area contributed by atoms with Crippen molar-refractivity contribution in [3.8, 4) is 0 Å². The molecule has 2 amide bonds. The fourth-order valence-electron chi connectivity index (χ4n) is 3.20. The number of carbonyl (C=O) groups is 4. The van der Waals surface area contributed by atoms with Gasteiger partial charge in [0.15, 0.2) is 17.4 Å². The number of anilines is 2. The van der Waals surface area contributed by atoms with E-state index in [1.165, 1.54) is 23.6 Å². The maximum Gasteiger partial charge on any atom is 0.358 e. The molecule has 2 N–H and O–H groups in total. The van der Waals surface area contributed by atoms with E-state index in [0.29, 0.717) is 16.5 Å². The van der Waals surface area contributed by atoms with E-state index < -0.39 is 24.5 Å². The van der Waals surface area contributed by atoms with Gasteiger partial charge in [0.25, 0.3) is 5.91 Å². The monoisotopic (exact) mass is 465 g/mol. The number of esters is 2. The Morgan fingerprint density at radius 2 is 1.97 bits per heavy atom. The molecule has 0 saturated carbocycles. The average molecular weight is 466 g/mol. The van der Waals surface area contributed by atoms with E-state index in [-0.39, 0.29) is 23.3 Å². The summed E-state index contributed by atoms with van der Waals surface area (Å²) in [5, 5.41) is 7.27. The third kappa shape index (κ3) is 5.67. The number of hydrogen-bond donors (Lipinski definition) is 2. The molecule has 31 heavy (non-hydrogen) atoms. The first kappa shape index (κ1) is 22.9. The second kappa shape index (κ2) is 10.0. The SMILES string of the molecule is CCOC(=O)c1c(NC(=O)COC(=O)c2csc(NC(C)=O)n2)sc2c1CCC(C)C2. The largest absolute Gasteiger partial charge is 0.462 e. The number of thiophene rings is 1. The fraction of sp³-hybridized carbons (Fsp3) is 0.450. The highest BCUT2D eigenvalue weighted by Gasteiger charge is 2.29. The molecule has 0 bridgehead atoms. The van der Waals surface area contributed by atoms with Crippen molar-refractivity contribution < 1.29 is 28.7 Å². The normalized spacial score (nSPS) is 15.0. The second-order valence-electron chi connectivity index (χ2n) is 7.12. The molecule has 11 heteroatoms. The number of amides is 2. The van der Waals surface area contributed by atoms with Crippen LogP contribution in [0.15, 0.2) is 5.38 Å². The number of nitrogens with zero attached hydrogens (tertiary/aromatic N) is 1. The van der Waals surface area contributed by atoms with Crippen molar-refractivity contribution in [2.24, 2.45) is 5.92 Å². The van der Waals surface area contributed by atoms with Crippen LogP contribution >= 0.6 is 22.7 Å². The van der Waals surface area contributed by atoms with Gasteiger partial charge in [0.05, 0.1) is 12.2 Å². The van der Waals surface area contributed by atoms with Gasteiger partial charge in [-0.05, 0) is 37.7 Å². The highest BCUT2D eigenvalue weighted by atomic mass is 32.1. The third-order valence-corrected chi connectivity index (χ3v) is 6.50. The third-order valence-electron chi connectivity index (χ3n) is 4.57. The molecular weight excluding hydrogens is 442 g/mol. The van der Waals surface area contributed by atoms with Crippen LogP contribution in [-0.2, 0) is 31.9 Å². The molecule has 0 spiro atoms. The molecule has 2 aromatic rings. The quantitative estimate of drug-likeness (QED) is 0.602. The zero-order chi connectivity index (χ0) is 22.5. The summed E-state index contributed by atoms with van der Waals surface area (Å²) in [6.07, 6.45) is 2.57. The summed E-state index contributed by atoms with van der Waals surface area (Å²) in [7, 11) is 0. The van der Waals surface area contributed by atoms with Crippen LogP contribution in [0, 0.1) is 5.92 Å². The Labute approximate surface area is 187 Å². The number of thiazole rings is 1. The number of ether oxygens (including phenoxy) is 2. The number of carbonyl (C=O) groups excluding carboxylic acids is 4. The molecule has 3 rings (SSSR count). The highest BCUT2D eigenvalue weighted by Crippen LogP contribution is 2.40. The lowest BCUT2D eigenvalue weighted by molar-refractivity contribution is -0.119. The average Bonchev–Trinajstić information content (AvgIpc) is 3.29. The van der Waals surface area contributed by atoms with E-state index in [4.69, 9.17) is 9.47 Å². The summed E-state index contributed by atoms with van der Waals surface area (Å²) in [4.78, 5) is 53.1. The minimum Gasteiger partial charge on any atom is -0.462 e. The molecule has 1 aliphatic carbocycles. The van der Waals surface area contributed by atoms with Crippen LogP contribution in [0.25, 0.3) is 0 Å². The highest BCUT2D eigenvalue weighted by molar-refractivity contribution is 7.17. The minimum absolute atomic E-state index is 0.00524.